The van der Waals surface area contributed by atoms with Gasteiger partial charge in [0.25, 0.3) is 0 Å². The molecule has 2 rings (SSSR count). The summed E-state index contributed by atoms with van der Waals surface area (Å²) in [6, 6.07) is 2.96. The maximum atomic E-state index is 13.4. The summed E-state index contributed by atoms with van der Waals surface area (Å²) in [5.41, 5.74) is 6.17. The van der Waals surface area contributed by atoms with E-state index in [2.05, 4.69) is 25.7 Å². The van der Waals surface area contributed by atoms with Crippen LogP contribution in [0.15, 0.2) is 16.6 Å². The van der Waals surface area contributed by atoms with E-state index < -0.39 is 6.09 Å². The predicted molar refractivity (Wildman–Crippen MR) is 70.3 cm³/mol. The summed E-state index contributed by atoms with van der Waals surface area (Å²) < 4.78 is 20.5. The minimum absolute atomic E-state index is 0.103. The van der Waals surface area contributed by atoms with Crippen LogP contribution in [0.1, 0.15) is 0 Å². The molecule has 3 N–H and O–H groups in total. The molecule has 0 unspecified atom stereocenters. The van der Waals surface area contributed by atoms with Gasteiger partial charge in [-0.25, -0.2) is 9.18 Å². The Morgan fingerprint density at radius 2 is 2.33 bits per heavy atom. The van der Waals surface area contributed by atoms with Crippen molar-refractivity contribution in [2.24, 2.45) is 5.73 Å². The Morgan fingerprint density at radius 1 is 1.61 bits per heavy atom. The van der Waals surface area contributed by atoms with Crippen molar-refractivity contribution in [1.82, 2.24) is 9.55 Å². The number of benzene rings is 1. The standard InChI is InChI=1S/C10H9BrFN3O2S/c11-5-3-8-7(4-6(5)12)14-10(18)15(8)1-2-17-9(13)16/h3-4H,1-2H2,(H2,13,16)(H,14,18). The van der Waals surface area contributed by atoms with Gasteiger partial charge in [-0.05, 0) is 34.2 Å². The van der Waals surface area contributed by atoms with Crippen molar-refractivity contribution in [1.29, 1.82) is 0 Å². The number of ether oxygens (including phenoxy) is 1. The molecule has 0 bridgehead atoms. The van der Waals surface area contributed by atoms with Crippen molar-refractivity contribution in [3.63, 3.8) is 0 Å². The van der Waals surface area contributed by atoms with Crippen LogP contribution in [0.4, 0.5) is 9.18 Å². The Bertz CT molecular complexity index is 667. The molecule has 0 fully saturated rings. The summed E-state index contributed by atoms with van der Waals surface area (Å²) in [6.07, 6.45) is -0.839. The number of nitrogens with two attached hydrogens (primary N) is 1. The highest BCUT2D eigenvalue weighted by molar-refractivity contribution is 9.10. The first-order valence-corrected chi connectivity index (χ1v) is 6.19. The molecule has 8 heteroatoms. The van der Waals surface area contributed by atoms with E-state index in [-0.39, 0.29) is 12.4 Å². The topological polar surface area (TPSA) is 73.0 Å². The second-order valence-electron chi connectivity index (χ2n) is 3.53. The smallest absolute Gasteiger partial charge is 0.404 e. The van der Waals surface area contributed by atoms with Crippen LogP contribution in [0.3, 0.4) is 0 Å². The van der Waals surface area contributed by atoms with E-state index in [1.807, 2.05) is 0 Å². The minimum atomic E-state index is -0.839. The molecule has 0 saturated heterocycles. The molecule has 1 aromatic carbocycles. The maximum Gasteiger partial charge on any atom is 0.404 e. The average molecular weight is 334 g/mol. The minimum Gasteiger partial charge on any atom is -0.448 e. The number of nitrogens with one attached hydrogen (secondary N) is 1. The first kappa shape index (κ1) is 13.0. The molecule has 0 aliphatic heterocycles. The molecule has 1 amide bonds. The Labute approximate surface area is 115 Å². The first-order chi connectivity index (χ1) is 8.49. The van der Waals surface area contributed by atoms with Crippen molar-refractivity contribution >= 4 is 45.3 Å². The number of primary amides is 1. The summed E-state index contributed by atoms with van der Waals surface area (Å²) in [7, 11) is 0. The lowest BCUT2D eigenvalue weighted by Crippen LogP contribution is -2.16. The summed E-state index contributed by atoms with van der Waals surface area (Å²) in [4.78, 5) is 13.4. The number of hydrogen-bond acceptors (Lipinski definition) is 3. The highest BCUT2D eigenvalue weighted by Crippen LogP contribution is 2.23. The number of carbonyl (C=O) groups is 1. The Balaban J connectivity index is 2.37. The number of amides is 1. The third kappa shape index (κ3) is 2.54. The Kier molecular flexibility index (Phi) is 3.67. The third-order valence-corrected chi connectivity index (χ3v) is 3.31. The lowest BCUT2D eigenvalue weighted by atomic mass is 10.3. The zero-order valence-corrected chi connectivity index (χ0v) is 11.5. The van der Waals surface area contributed by atoms with Gasteiger partial charge in [-0.2, -0.15) is 0 Å². The van der Waals surface area contributed by atoms with Crippen LogP contribution in [0.5, 0.6) is 0 Å². The molecule has 0 atom stereocenters. The lowest BCUT2D eigenvalue weighted by molar-refractivity contribution is 0.152. The molecule has 96 valence electrons. The summed E-state index contributed by atoms with van der Waals surface area (Å²) in [6.45, 7) is 0.450. The number of hydrogen-bond donors (Lipinski definition) is 2. The number of H-pyrrole nitrogens is 1. The SMILES string of the molecule is NC(=O)OCCn1c(=S)[nH]c2cc(F)c(Br)cc21. The maximum absolute atomic E-state index is 13.4. The van der Waals surface area contributed by atoms with Crippen molar-refractivity contribution < 1.29 is 13.9 Å². The number of halogens is 2. The average Bonchev–Trinajstić information content (AvgIpc) is 2.56. The fraction of sp³-hybridized carbons (Fsp3) is 0.200. The number of imidazole rings is 1. The van der Waals surface area contributed by atoms with Crippen molar-refractivity contribution in [3.8, 4) is 0 Å². The monoisotopic (exact) mass is 333 g/mol. The zero-order chi connectivity index (χ0) is 13.3. The van der Waals surface area contributed by atoms with Crippen LogP contribution in [0.2, 0.25) is 0 Å². The fourth-order valence-electron chi connectivity index (χ4n) is 1.61. The summed E-state index contributed by atoms with van der Waals surface area (Å²) >= 11 is 8.23. The molecule has 0 saturated carbocycles. The first-order valence-electron chi connectivity index (χ1n) is 4.99. The Morgan fingerprint density at radius 3 is 3.00 bits per heavy atom. The van der Waals surface area contributed by atoms with Gasteiger partial charge in [0.05, 0.1) is 22.1 Å². The van der Waals surface area contributed by atoms with Gasteiger partial charge in [-0.15, -0.1) is 0 Å². The van der Waals surface area contributed by atoms with Gasteiger partial charge >= 0.3 is 6.09 Å². The molecule has 0 spiro atoms. The quantitative estimate of drug-likeness (QED) is 0.848. The highest BCUT2D eigenvalue weighted by Gasteiger charge is 2.09. The summed E-state index contributed by atoms with van der Waals surface area (Å²) in [5.74, 6) is -0.376. The number of aromatic amines is 1. The van der Waals surface area contributed by atoms with Crippen LogP contribution in [0.25, 0.3) is 11.0 Å². The van der Waals surface area contributed by atoms with Crippen LogP contribution in [-0.2, 0) is 11.3 Å². The molecule has 0 aliphatic rings. The summed E-state index contributed by atoms with van der Waals surface area (Å²) in [5, 5.41) is 0. The van der Waals surface area contributed by atoms with Gasteiger partial charge in [0, 0.05) is 6.07 Å². The molecule has 0 radical (unpaired) electrons. The number of nitrogens with zero attached hydrogens (tertiary/aromatic N) is 1. The molecular weight excluding hydrogens is 325 g/mol. The van der Waals surface area contributed by atoms with Gasteiger partial charge in [0.1, 0.15) is 12.4 Å². The van der Waals surface area contributed by atoms with Crippen LogP contribution >= 0.6 is 28.1 Å². The van der Waals surface area contributed by atoms with Crippen LogP contribution in [0, 0.1) is 10.6 Å². The van der Waals surface area contributed by atoms with Crippen molar-refractivity contribution in [2.45, 2.75) is 6.54 Å². The predicted octanol–water partition coefficient (Wildman–Crippen LogP) is 2.70. The van der Waals surface area contributed by atoms with E-state index in [0.717, 1.165) is 5.52 Å². The fourth-order valence-corrected chi connectivity index (χ4v) is 2.24. The van der Waals surface area contributed by atoms with Gasteiger partial charge in [-0.3, -0.25) is 0 Å². The largest absolute Gasteiger partial charge is 0.448 e. The second-order valence-corrected chi connectivity index (χ2v) is 4.77. The van der Waals surface area contributed by atoms with Crippen LogP contribution in [-0.4, -0.2) is 22.3 Å². The number of fused-ring (bicyclic) bond motifs is 1. The number of carbonyl (C=O) groups excluding carboxylic acids is 1. The second kappa shape index (κ2) is 5.07. The van der Waals surface area contributed by atoms with Gasteiger partial charge in [-0.1, -0.05) is 0 Å². The van der Waals surface area contributed by atoms with Crippen molar-refractivity contribution in [3.05, 3.63) is 27.2 Å². The molecule has 18 heavy (non-hydrogen) atoms. The molecule has 1 heterocycles. The molecule has 1 aromatic heterocycles. The molecular formula is C10H9BrFN3O2S. The lowest BCUT2D eigenvalue weighted by Gasteiger charge is -2.05. The number of rotatable bonds is 3. The van der Waals surface area contributed by atoms with E-state index in [1.54, 1.807) is 10.6 Å². The van der Waals surface area contributed by atoms with Gasteiger partial charge in [0.15, 0.2) is 4.77 Å². The molecule has 0 aliphatic carbocycles. The van der Waals surface area contributed by atoms with E-state index >= 15 is 0 Å². The molecule has 2 aromatic rings. The van der Waals surface area contributed by atoms with E-state index in [0.29, 0.717) is 21.3 Å². The van der Waals surface area contributed by atoms with Gasteiger partial charge < -0.3 is 20.0 Å². The third-order valence-electron chi connectivity index (χ3n) is 2.38. The van der Waals surface area contributed by atoms with E-state index in [1.165, 1.54) is 6.07 Å². The Hall–Kier alpha value is -1.41. The van der Waals surface area contributed by atoms with Gasteiger partial charge in [0.2, 0.25) is 0 Å². The van der Waals surface area contributed by atoms with E-state index in [4.69, 9.17) is 18.0 Å². The van der Waals surface area contributed by atoms with Crippen LogP contribution < -0.4 is 5.73 Å². The zero-order valence-electron chi connectivity index (χ0n) is 9.07. The highest BCUT2D eigenvalue weighted by atomic mass is 79.9. The molecule has 5 nitrogen and oxygen atoms in total. The van der Waals surface area contributed by atoms with E-state index in [9.17, 15) is 9.18 Å². The normalized spacial score (nSPS) is 10.8. The number of aromatic nitrogens is 2. The van der Waals surface area contributed by atoms with Crippen molar-refractivity contribution in [2.75, 3.05) is 6.61 Å².